The van der Waals surface area contributed by atoms with Crippen LogP contribution in [0.4, 0.5) is 0 Å². The lowest BCUT2D eigenvalue weighted by molar-refractivity contribution is -0.154. The van der Waals surface area contributed by atoms with Gasteiger partial charge in [-0.3, -0.25) is 9.59 Å². The van der Waals surface area contributed by atoms with Crippen LogP contribution >= 0.6 is 22.9 Å². The zero-order valence-corrected chi connectivity index (χ0v) is 21.1. The third-order valence-electron chi connectivity index (χ3n) is 6.41. The zero-order valence-electron chi connectivity index (χ0n) is 19.5. The Hall–Kier alpha value is -2.71. The van der Waals surface area contributed by atoms with E-state index < -0.39 is 24.0 Å². The number of amides is 2. The van der Waals surface area contributed by atoms with Gasteiger partial charge in [0, 0.05) is 22.5 Å². The molecule has 1 aromatic heterocycles. The van der Waals surface area contributed by atoms with E-state index in [2.05, 4.69) is 5.32 Å². The van der Waals surface area contributed by atoms with Crippen LogP contribution in [0.3, 0.4) is 0 Å². The van der Waals surface area contributed by atoms with Crippen molar-refractivity contribution in [1.82, 2.24) is 10.2 Å². The van der Waals surface area contributed by atoms with Crippen molar-refractivity contribution in [1.29, 1.82) is 0 Å². The van der Waals surface area contributed by atoms with Gasteiger partial charge in [0.15, 0.2) is 12.2 Å². The van der Waals surface area contributed by atoms with E-state index in [1.54, 1.807) is 4.90 Å². The maximum absolute atomic E-state index is 13.0. The second-order valence-corrected chi connectivity index (χ2v) is 10.2. The van der Waals surface area contributed by atoms with Gasteiger partial charge in [-0.05, 0) is 66.0 Å². The van der Waals surface area contributed by atoms with Crippen LogP contribution in [0.2, 0.25) is 5.02 Å². The Morgan fingerprint density at radius 2 is 1.74 bits per heavy atom. The van der Waals surface area contributed by atoms with Crippen LogP contribution in [0, 0.1) is 0 Å². The molecule has 6 nitrogen and oxygen atoms in total. The molecule has 0 fully saturated rings. The summed E-state index contributed by atoms with van der Waals surface area (Å²) in [6, 6.07) is 17.5. The van der Waals surface area contributed by atoms with Gasteiger partial charge in [-0.25, -0.2) is 0 Å². The molecular formula is C27H29ClN2O4S. The van der Waals surface area contributed by atoms with Gasteiger partial charge >= 0.3 is 0 Å². The highest BCUT2D eigenvalue weighted by Crippen LogP contribution is 2.26. The smallest absolute Gasteiger partial charge is 0.254 e. The van der Waals surface area contributed by atoms with Crippen molar-refractivity contribution >= 4 is 34.8 Å². The van der Waals surface area contributed by atoms with Crippen molar-refractivity contribution in [2.24, 2.45) is 0 Å². The monoisotopic (exact) mass is 512 g/mol. The molecule has 35 heavy (non-hydrogen) atoms. The molecule has 2 amide bonds. The molecule has 0 spiro atoms. The number of aliphatic hydroxyl groups excluding tert-OH is 2. The van der Waals surface area contributed by atoms with Crippen LogP contribution in [0.1, 0.15) is 34.1 Å². The number of aliphatic hydroxyl groups is 2. The standard InChI is InChI=1S/C27H29ClN2O4S/c1-2-30(21-13-18-7-3-4-8-19(18)14-21)27(34)25(32)24(31)26(33)29-15-22-12-17(16-35-22)11-20-9-5-6-10-23(20)28/h3-10,12,16,21,24-25,31-32H,2,11,13-15H2,1H3,(H,29,33)/t24-,25-/m1/s1. The van der Waals surface area contributed by atoms with Crippen LogP contribution in [0.5, 0.6) is 0 Å². The molecule has 0 aliphatic heterocycles. The third-order valence-corrected chi connectivity index (χ3v) is 7.77. The molecule has 1 aliphatic rings. The van der Waals surface area contributed by atoms with E-state index in [0.717, 1.165) is 16.0 Å². The number of nitrogens with zero attached hydrogens (tertiary/aromatic N) is 1. The molecule has 0 bridgehead atoms. The minimum atomic E-state index is -1.84. The Kier molecular flexibility index (Phi) is 8.23. The molecule has 0 saturated carbocycles. The Morgan fingerprint density at radius 1 is 1.09 bits per heavy atom. The Morgan fingerprint density at radius 3 is 2.40 bits per heavy atom. The Labute approximate surface area is 214 Å². The first kappa shape index (κ1) is 25.4. The van der Waals surface area contributed by atoms with Crippen LogP contribution in [0.15, 0.2) is 60.0 Å². The second kappa shape index (κ2) is 11.4. The molecule has 0 unspecified atom stereocenters. The molecule has 2 aromatic carbocycles. The first-order chi connectivity index (χ1) is 16.9. The lowest BCUT2D eigenvalue weighted by atomic mass is 10.1. The molecule has 4 rings (SSSR count). The van der Waals surface area contributed by atoms with E-state index in [-0.39, 0.29) is 12.6 Å². The van der Waals surface area contributed by atoms with E-state index in [4.69, 9.17) is 11.6 Å². The van der Waals surface area contributed by atoms with Crippen molar-refractivity contribution in [3.05, 3.63) is 92.1 Å². The number of likely N-dealkylation sites (N-methyl/N-ethyl adjacent to an activating group) is 1. The van der Waals surface area contributed by atoms with E-state index in [0.29, 0.717) is 30.8 Å². The normalized spacial score (nSPS) is 14.9. The quantitative estimate of drug-likeness (QED) is 0.410. The zero-order chi connectivity index (χ0) is 24.9. The molecule has 3 N–H and O–H groups in total. The summed E-state index contributed by atoms with van der Waals surface area (Å²) in [5.41, 5.74) is 4.45. The average molecular weight is 513 g/mol. The lowest BCUT2D eigenvalue weighted by Crippen LogP contribution is -2.53. The molecule has 3 aromatic rings. The summed E-state index contributed by atoms with van der Waals surface area (Å²) >= 11 is 7.72. The van der Waals surface area contributed by atoms with E-state index >= 15 is 0 Å². The fourth-order valence-corrected chi connectivity index (χ4v) is 5.58. The topological polar surface area (TPSA) is 89.9 Å². The molecule has 0 saturated heterocycles. The highest BCUT2D eigenvalue weighted by atomic mass is 35.5. The Bertz CT molecular complexity index is 1170. The van der Waals surface area contributed by atoms with Gasteiger partial charge < -0.3 is 20.4 Å². The highest BCUT2D eigenvalue weighted by Gasteiger charge is 2.37. The van der Waals surface area contributed by atoms with Gasteiger partial charge in [-0.15, -0.1) is 11.3 Å². The molecule has 8 heteroatoms. The fourth-order valence-electron chi connectivity index (χ4n) is 4.55. The SMILES string of the molecule is CCN(C(=O)[C@H](O)[C@@H](O)C(=O)NCc1cc(Cc2ccccc2Cl)cs1)C1Cc2ccccc2C1. The van der Waals surface area contributed by atoms with Gasteiger partial charge in [0.05, 0.1) is 6.54 Å². The van der Waals surface area contributed by atoms with Gasteiger partial charge in [0.2, 0.25) is 0 Å². The highest BCUT2D eigenvalue weighted by molar-refractivity contribution is 7.10. The largest absolute Gasteiger partial charge is 0.380 e. The maximum Gasteiger partial charge on any atom is 0.254 e. The number of carbonyl (C=O) groups excluding carboxylic acids is 2. The summed E-state index contributed by atoms with van der Waals surface area (Å²) in [4.78, 5) is 27.9. The number of fused-ring (bicyclic) bond motifs is 1. The predicted octanol–water partition coefficient (Wildman–Crippen LogP) is 3.35. The van der Waals surface area contributed by atoms with Crippen molar-refractivity contribution < 1.29 is 19.8 Å². The van der Waals surface area contributed by atoms with E-state index in [9.17, 15) is 19.8 Å². The van der Waals surface area contributed by atoms with E-state index in [1.165, 1.54) is 22.5 Å². The van der Waals surface area contributed by atoms with Crippen LogP contribution in [0.25, 0.3) is 0 Å². The van der Waals surface area contributed by atoms with Gasteiger partial charge in [0.25, 0.3) is 11.8 Å². The molecule has 184 valence electrons. The predicted molar refractivity (Wildman–Crippen MR) is 137 cm³/mol. The maximum atomic E-state index is 13.0. The van der Waals surface area contributed by atoms with Gasteiger partial charge in [-0.1, -0.05) is 54.1 Å². The number of hydrogen-bond acceptors (Lipinski definition) is 5. The molecule has 2 atom stereocenters. The minimum absolute atomic E-state index is 0.0996. The summed E-state index contributed by atoms with van der Waals surface area (Å²) < 4.78 is 0. The number of hydrogen-bond donors (Lipinski definition) is 3. The lowest BCUT2D eigenvalue weighted by Gasteiger charge is -2.30. The molecular weight excluding hydrogens is 484 g/mol. The summed E-state index contributed by atoms with van der Waals surface area (Å²) in [7, 11) is 0. The van der Waals surface area contributed by atoms with Crippen molar-refractivity contribution in [3.63, 3.8) is 0 Å². The number of halogens is 1. The summed E-state index contributed by atoms with van der Waals surface area (Å²) in [5, 5.41) is 26.3. The fraction of sp³-hybridized carbons (Fsp3) is 0.333. The Balaban J connectivity index is 1.31. The first-order valence-corrected chi connectivity index (χ1v) is 12.9. The van der Waals surface area contributed by atoms with Crippen LogP contribution in [-0.2, 0) is 35.4 Å². The number of benzene rings is 2. The van der Waals surface area contributed by atoms with Gasteiger partial charge in [0.1, 0.15) is 0 Å². The third kappa shape index (κ3) is 5.93. The van der Waals surface area contributed by atoms with Crippen molar-refractivity contribution in [3.8, 4) is 0 Å². The van der Waals surface area contributed by atoms with Gasteiger partial charge in [-0.2, -0.15) is 0 Å². The summed E-state index contributed by atoms with van der Waals surface area (Å²) in [6.45, 7) is 2.41. The molecule has 0 radical (unpaired) electrons. The van der Waals surface area contributed by atoms with Crippen molar-refractivity contribution in [2.45, 2.75) is 51.0 Å². The van der Waals surface area contributed by atoms with Crippen LogP contribution in [-0.4, -0.2) is 51.7 Å². The second-order valence-electron chi connectivity index (χ2n) is 8.75. The molecule has 1 aliphatic carbocycles. The van der Waals surface area contributed by atoms with Crippen molar-refractivity contribution in [2.75, 3.05) is 6.54 Å². The molecule has 1 heterocycles. The van der Waals surface area contributed by atoms with E-state index in [1.807, 2.05) is 66.9 Å². The number of thiophene rings is 1. The summed E-state index contributed by atoms with van der Waals surface area (Å²) in [6.07, 6.45) is -1.60. The minimum Gasteiger partial charge on any atom is -0.380 e. The number of rotatable bonds is 9. The number of nitrogens with one attached hydrogen (secondary N) is 1. The average Bonchev–Trinajstić information content (AvgIpc) is 3.50. The number of carbonyl (C=O) groups is 2. The van der Waals surface area contributed by atoms with Crippen LogP contribution < -0.4 is 5.32 Å². The summed E-state index contributed by atoms with van der Waals surface area (Å²) in [5.74, 6) is -1.41. The first-order valence-electron chi connectivity index (χ1n) is 11.7.